The number of rotatable bonds is 3. The topological polar surface area (TPSA) is 99.8 Å². The van der Waals surface area contributed by atoms with Gasteiger partial charge in [-0.25, -0.2) is 9.18 Å². The number of aromatic hydroxyl groups is 2. The molecule has 0 saturated carbocycles. The maximum Gasteiger partial charge on any atom is 0.340 e. The molecule has 0 fully saturated rings. The van der Waals surface area contributed by atoms with Crippen molar-refractivity contribution in [2.24, 2.45) is 0 Å². The van der Waals surface area contributed by atoms with Crippen molar-refractivity contribution in [1.82, 2.24) is 0 Å². The molecule has 134 valence electrons. The third-order valence-corrected chi connectivity index (χ3v) is 4.44. The number of anilines is 1. The second-order valence-electron chi connectivity index (χ2n) is 5.65. The molecular weight excluding hydrogens is 409 g/mol. The number of carbonyl (C=O) groups excluding carboxylic acids is 1. The first-order valence-corrected chi connectivity index (χ1v) is 8.29. The van der Waals surface area contributed by atoms with Crippen LogP contribution in [0.3, 0.4) is 0 Å². The molecule has 0 radical (unpaired) electrons. The largest absolute Gasteiger partial charge is 0.504 e. The lowest BCUT2D eigenvalue weighted by Gasteiger charge is -2.10. The highest BCUT2D eigenvalue weighted by atomic mass is 79.9. The molecule has 26 heavy (non-hydrogen) atoms. The Bertz CT molecular complexity index is 1090. The molecule has 1 heterocycles. The van der Waals surface area contributed by atoms with Crippen LogP contribution < -0.4 is 10.9 Å². The number of halogens is 2. The number of amides is 1. The molecule has 0 bridgehead atoms. The van der Waals surface area contributed by atoms with Crippen LogP contribution in [0.4, 0.5) is 10.1 Å². The molecule has 3 N–H and O–H groups in total. The van der Waals surface area contributed by atoms with Crippen LogP contribution in [0.2, 0.25) is 0 Å². The number of benzene rings is 2. The number of aryl methyl sites for hydroxylation is 1. The van der Waals surface area contributed by atoms with Gasteiger partial charge in [-0.3, -0.25) is 4.79 Å². The number of fused-ring (bicyclic) bond motifs is 1. The van der Waals surface area contributed by atoms with E-state index in [2.05, 4.69) is 21.2 Å². The molecule has 0 aliphatic rings. The zero-order chi connectivity index (χ0) is 19.0. The van der Waals surface area contributed by atoms with E-state index in [1.54, 1.807) is 13.0 Å². The molecule has 0 aliphatic carbocycles. The first-order chi connectivity index (χ1) is 12.3. The lowest BCUT2D eigenvalue weighted by molar-refractivity contribution is -0.115. The van der Waals surface area contributed by atoms with Gasteiger partial charge in [0.2, 0.25) is 11.7 Å². The van der Waals surface area contributed by atoms with Gasteiger partial charge in [-0.2, -0.15) is 0 Å². The summed E-state index contributed by atoms with van der Waals surface area (Å²) in [5, 5.41) is 22.1. The van der Waals surface area contributed by atoms with Crippen LogP contribution in [0, 0.1) is 12.7 Å². The molecule has 0 atom stereocenters. The molecule has 3 aromatic rings. The van der Waals surface area contributed by atoms with Crippen molar-refractivity contribution in [1.29, 1.82) is 0 Å². The van der Waals surface area contributed by atoms with Crippen LogP contribution in [0.1, 0.15) is 11.1 Å². The second kappa shape index (κ2) is 6.80. The highest BCUT2D eigenvalue weighted by molar-refractivity contribution is 9.10. The van der Waals surface area contributed by atoms with Gasteiger partial charge in [0, 0.05) is 9.86 Å². The molecule has 1 amide bonds. The fourth-order valence-corrected chi connectivity index (χ4v) is 2.91. The van der Waals surface area contributed by atoms with E-state index in [0.717, 1.165) is 0 Å². The summed E-state index contributed by atoms with van der Waals surface area (Å²) in [6, 6.07) is 6.90. The van der Waals surface area contributed by atoms with Crippen LogP contribution in [0.25, 0.3) is 11.0 Å². The van der Waals surface area contributed by atoms with Crippen molar-refractivity contribution >= 4 is 38.5 Å². The Labute approximate surface area is 155 Å². The molecule has 1 aromatic heterocycles. The zero-order valence-corrected chi connectivity index (χ0v) is 15.1. The van der Waals surface area contributed by atoms with E-state index in [9.17, 15) is 24.2 Å². The molecule has 0 spiro atoms. The molecule has 3 rings (SSSR count). The van der Waals surface area contributed by atoms with Gasteiger partial charge in [0.1, 0.15) is 5.82 Å². The number of carbonyl (C=O) groups is 1. The number of nitrogens with one attached hydrogen (secondary N) is 1. The van der Waals surface area contributed by atoms with Gasteiger partial charge < -0.3 is 19.9 Å². The smallest absolute Gasteiger partial charge is 0.340 e. The van der Waals surface area contributed by atoms with E-state index in [0.29, 0.717) is 15.4 Å². The van der Waals surface area contributed by atoms with Crippen LogP contribution in [-0.2, 0) is 11.2 Å². The highest BCUT2D eigenvalue weighted by Crippen LogP contribution is 2.34. The first-order valence-electron chi connectivity index (χ1n) is 7.50. The minimum atomic E-state index is -0.817. The van der Waals surface area contributed by atoms with Gasteiger partial charge in [0.05, 0.1) is 17.7 Å². The summed E-state index contributed by atoms with van der Waals surface area (Å²) in [7, 11) is 0. The van der Waals surface area contributed by atoms with Crippen molar-refractivity contribution in [3.8, 4) is 11.5 Å². The fraction of sp³-hybridized carbons (Fsp3) is 0.111. The minimum Gasteiger partial charge on any atom is -0.504 e. The SMILES string of the molecule is Cc1c(CC(=O)Nc2ccc(Br)cc2F)c(=O)oc2c(O)c(O)ccc12. The van der Waals surface area contributed by atoms with E-state index in [4.69, 9.17) is 4.42 Å². The first kappa shape index (κ1) is 17.9. The lowest BCUT2D eigenvalue weighted by Crippen LogP contribution is -2.21. The van der Waals surface area contributed by atoms with E-state index in [-0.39, 0.29) is 23.3 Å². The summed E-state index contributed by atoms with van der Waals surface area (Å²) in [5.74, 6) is -2.17. The average Bonchev–Trinajstić information content (AvgIpc) is 2.58. The van der Waals surface area contributed by atoms with Gasteiger partial charge in [-0.1, -0.05) is 15.9 Å². The average molecular weight is 422 g/mol. The predicted molar refractivity (Wildman–Crippen MR) is 97.0 cm³/mol. The Morgan fingerprint density at radius 2 is 2.00 bits per heavy atom. The quantitative estimate of drug-likeness (QED) is 0.443. The van der Waals surface area contributed by atoms with Gasteiger partial charge in [0.15, 0.2) is 11.3 Å². The number of hydrogen-bond donors (Lipinski definition) is 3. The molecule has 0 aliphatic heterocycles. The Morgan fingerprint density at radius 3 is 2.69 bits per heavy atom. The van der Waals surface area contributed by atoms with Crippen LogP contribution >= 0.6 is 15.9 Å². The Morgan fingerprint density at radius 1 is 1.27 bits per heavy atom. The number of hydrogen-bond acceptors (Lipinski definition) is 5. The second-order valence-corrected chi connectivity index (χ2v) is 6.57. The Hall–Kier alpha value is -2.87. The van der Waals surface area contributed by atoms with Crippen molar-refractivity contribution < 1.29 is 23.8 Å². The summed E-state index contributed by atoms with van der Waals surface area (Å²) in [6.07, 6.45) is -0.332. The molecule has 0 saturated heterocycles. The summed E-state index contributed by atoms with van der Waals surface area (Å²) < 4.78 is 19.4. The molecule has 0 unspecified atom stereocenters. The van der Waals surface area contributed by atoms with Crippen molar-refractivity contribution in [2.45, 2.75) is 13.3 Å². The standard InChI is InChI=1S/C18H13BrFNO5/c1-8-10-3-5-14(22)16(24)17(10)26-18(25)11(8)7-15(23)21-13-4-2-9(19)6-12(13)20/h2-6,22,24H,7H2,1H3,(H,21,23). The lowest BCUT2D eigenvalue weighted by atomic mass is 10.0. The van der Waals surface area contributed by atoms with Crippen molar-refractivity contribution in [3.63, 3.8) is 0 Å². The Balaban J connectivity index is 1.94. The van der Waals surface area contributed by atoms with Gasteiger partial charge >= 0.3 is 5.63 Å². The third-order valence-electron chi connectivity index (χ3n) is 3.95. The van der Waals surface area contributed by atoms with E-state index in [1.165, 1.54) is 24.3 Å². The third kappa shape index (κ3) is 3.28. The summed E-state index contributed by atoms with van der Waals surface area (Å²) in [5.41, 5.74) is -0.475. The highest BCUT2D eigenvalue weighted by Gasteiger charge is 2.18. The van der Waals surface area contributed by atoms with E-state index in [1.807, 2.05) is 0 Å². The maximum atomic E-state index is 13.8. The summed E-state index contributed by atoms with van der Waals surface area (Å²) >= 11 is 3.12. The molecule has 6 nitrogen and oxygen atoms in total. The van der Waals surface area contributed by atoms with E-state index >= 15 is 0 Å². The Kier molecular flexibility index (Phi) is 4.69. The van der Waals surface area contributed by atoms with Gasteiger partial charge in [-0.15, -0.1) is 0 Å². The normalized spacial score (nSPS) is 10.9. The van der Waals surface area contributed by atoms with Gasteiger partial charge in [-0.05, 0) is 42.8 Å². The minimum absolute atomic E-state index is 0.0106. The monoisotopic (exact) mass is 421 g/mol. The van der Waals surface area contributed by atoms with Crippen molar-refractivity contribution in [3.05, 3.63) is 62.2 Å². The molecule has 2 aromatic carbocycles. The maximum absolute atomic E-state index is 13.8. The summed E-state index contributed by atoms with van der Waals surface area (Å²) in [4.78, 5) is 24.4. The zero-order valence-electron chi connectivity index (χ0n) is 13.5. The van der Waals surface area contributed by atoms with Crippen LogP contribution in [0.15, 0.2) is 44.0 Å². The van der Waals surface area contributed by atoms with Gasteiger partial charge in [0.25, 0.3) is 0 Å². The predicted octanol–water partition coefficient (Wildman–Crippen LogP) is 3.60. The summed E-state index contributed by atoms with van der Waals surface area (Å²) in [6.45, 7) is 1.60. The van der Waals surface area contributed by atoms with Crippen LogP contribution in [-0.4, -0.2) is 16.1 Å². The fourth-order valence-electron chi connectivity index (χ4n) is 2.58. The van der Waals surface area contributed by atoms with E-state index < -0.39 is 28.8 Å². The molecule has 8 heteroatoms. The number of phenols is 2. The number of phenolic OH excluding ortho intramolecular Hbond substituents is 2. The van der Waals surface area contributed by atoms with Crippen molar-refractivity contribution in [2.75, 3.05) is 5.32 Å². The van der Waals surface area contributed by atoms with Crippen LogP contribution in [0.5, 0.6) is 11.5 Å². The molecular formula is C18H13BrFNO5.